The molecular weight excluding hydrogens is 272 g/mol. The Balaban J connectivity index is 2.35. The molecule has 0 saturated heterocycles. The van der Waals surface area contributed by atoms with Gasteiger partial charge in [0.05, 0.1) is 18.2 Å². The number of benzene rings is 2. The normalized spacial score (nSPS) is 12.3. The highest BCUT2D eigenvalue weighted by molar-refractivity contribution is 6.32. The summed E-state index contributed by atoms with van der Waals surface area (Å²) in [4.78, 5) is 0. The molecule has 0 spiro atoms. The van der Waals surface area contributed by atoms with E-state index in [1.54, 1.807) is 18.2 Å². The van der Waals surface area contributed by atoms with Crippen LogP contribution in [0.25, 0.3) is 0 Å². The summed E-state index contributed by atoms with van der Waals surface area (Å²) in [5, 5.41) is 0.415. The monoisotopic (exact) mass is 283 g/mol. The average molecular weight is 284 g/mol. The zero-order valence-corrected chi connectivity index (χ0v) is 10.9. The van der Waals surface area contributed by atoms with Gasteiger partial charge in [0.2, 0.25) is 0 Å². The van der Waals surface area contributed by atoms with Gasteiger partial charge in [0.25, 0.3) is 0 Å². The number of nitrogens with two attached hydrogens (primary N) is 1. The maximum absolute atomic E-state index is 13.2. The summed E-state index contributed by atoms with van der Waals surface area (Å²) in [6.07, 6.45) is 0. The van der Waals surface area contributed by atoms with Crippen LogP contribution >= 0.6 is 11.6 Å². The summed E-state index contributed by atoms with van der Waals surface area (Å²) in [5.41, 5.74) is 7.17. The van der Waals surface area contributed by atoms with Crippen molar-refractivity contribution in [2.24, 2.45) is 5.73 Å². The van der Waals surface area contributed by atoms with Gasteiger partial charge in [-0.1, -0.05) is 23.7 Å². The van der Waals surface area contributed by atoms with E-state index in [-0.39, 0.29) is 0 Å². The Hall–Kier alpha value is -1.65. The SMILES string of the molecule is COc1ccc(C(N)c2ccc(F)c(F)c2)cc1Cl. The molecule has 19 heavy (non-hydrogen) atoms. The van der Waals surface area contributed by atoms with E-state index in [1.807, 2.05) is 0 Å². The van der Waals surface area contributed by atoms with Crippen molar-refractivity contribution in [2.75, 3.05) is 7.11 Å². The average Bonchev–Trinajstić information content (AvgIpc) is 2.41. The molecule has 2 nitrogen and oxygen atoms in total. The minimum Gasteiger partial charge on any atom is -0.495 e. The Kier molecular flexibility index (Phi) is 4.02. The third kappa shape index (κ3) is 2.85. The van der Waals surface area contributed by atoms with Gasteiger partial charge in [-0.25, -0.2) is 8.78 Å². The first-order valence-electron chi connectivity index (χ1n) is 5.57. The molecule has 0 bridgehead atoms. The number of halogens is 3. The lowest BCUT2D eigenvalue weighted by atomic mass is 9.99. The summed E-state index contributed by atoms with van der Waals surface area (Å²) >= 11 is 6.00. The molecule has 0 radical (unpaired) electrons. The van der Waals surface area contributed by atoms with Crippen molar-refractivity contribution >= 4 is 11.6 Å². The molecule has 0 amide bonds. The molecule has 0 fully saturated rings. The summed E-state index contributed by atoms with van der Waals surface area (Å²) in [7, 11) is 1.51. The van der Waals surface area contributed by atoms with Crippen molar-refractivity contribution in [1.82, 2.24) is 0 Å². The lowest BCUT2D eigenvalue weighted by molar-refractivity contribution is 0.415. The highest BCUT2D eigenvalue weighted by atomic mass is 35.5. The molecule has 0 aromatic heterocycles. The Morgan fingerprint density at radius 1 is 1.05 bits per heavy atom. The molecule has 2 rings (SSSR count). The van der Waals surface area contributed by atoms with Gasteiger partial charge >= 0.3 is 0 Å². The highest BCUT2D eigenvalue weighted by Crippen LogP contribution is 2.29. The number of rotatable bonds is 3. The van der Waals surface area contributed by atoms with E-state index in [9.17, 15) is 8.78 Å². The third-order valence-corrected chi connectivity index (χ3v) is 3.13. The van der Waals surface area contributed by atoms with Gasteiger partial charge in [0.15, 0.2) is 11.6 Å². The number of ether oxygens (including phenoxy) is 1. The van der Waals surface area contributed by atoms with E-state index in [1.165, 1.54) is 13.2 Å². The second-order valence-corrected chi connectivity index (χ2v) is 4.45. The highest BCUT2D eigenvalue weighted by Gasteiger charge is 2.13. The fourth-order valence-electron chi connectivity index (χ4n) is 1.77. The van der Waals surface area contributed by atoms with Crippen molar-refractivity contribution in [3.63, 3.8) is 0 Å². The van der Waals surface area contributed by atoms with E-state index in [2.05, 4.69) is 0 Å². The van der Waals surface area contributed by atoms with Gasteiger partial charge in [0, 0.05) is 0 Å². The van der Waals surface area contributed by atoms with Gasteiger partial charge in [-0.2, -0.15) is 0 Å². The Labute approximate surface area is 114 Å². The van der Waals surface area contributed by atoms with Crippen LogP contribution in [0.5, 0.6) is 5.75 Å². The first-order valence-corrected chi connectivity index (χ1v) is 5.94. The predicted octanol–water partition coefficient (Wildman–Crippen LogP) is 3.67. The van der Waals surface area contributed by atoms with Gasteiger partial charge in [-0.3, -0.25) is 0 Å². The number of hydrogen-bond donors (Lipinski definition) is 1. The van der Waals surface area contributed by atoms with Crippen LogP contribution in [0.15, 0.2) is 36.4 Å². The van der Waals surface area contributed by atoms with Crippen molar-refractivity contribution in [3.8, 4) is 5.75 Å². The molecule has 1 unspecified atom stereocenters. The molecule has 2 aromatic carbocycles. The van der Waals surface area contributed by atoms with E-state index in [4.69, 9.17) is 22.1 Å². The van der Waals surface area contributed by atoms with Crippen LogP contribution < -0.4 is 10.5 Å². The van der Waals surface area contributed by atoms with Crippen LogP contribution in [-0.2, 0) is 0 Å². The minimum absolute atomic E-state index is 0.415. The molecule has 0 heterocycles. The Bertz CT molecular complexity index is 604. The first kappa shape index (κ1) is 13.8. The third-order valence-electron chi connectivity index (χ3n) is 2.84. The molecule has 0 aliphatic carbocycles. The Morgan fingerprint density at radius 2 is 1.68 bits per heavy atom. The molecule has 100 valence electrons. The van der Waals surface area contributed by atoms with Crippen LogP contribution in [0.4, 0.5) is 8.78 Å². The standard InChI is InChI=1S/C14H12ClF2NO/c1-19-13-5-3-8(6-10(13)15)14(18)9-2-4-11(16)12(17)7-9/h2-7,14H,18H2,1H3. The van der Waals surface area contributed by atoms with Gasteiger partial charge in [0.1, 0.15) is 5.75 Å². The molecule has 2 N–H and O–H groups in total. The van der Waals surface area contributed by atoms with Crippen molar-refractivity contribution in [2.45, 2.75) is 6.04 Å². The lowest BCUT2D eigenvalue weighted by Crippen LogP contribution is -2.12. The smallest absolute Gasteiger partial charge is 0.159 e. The maximum atomic E-state index is 13.2. The number of methoxy groups -OCH3 is 1. The van der Waals surface area contributed by atoms with Gasteiger partial charge in [-0.05, 0) is 35.4 Å². The second-order valence-electron chi connectivity index (χ2n) is 4.05. The summed E-state index contributed by atoms with van der Waals surface area (Å²) < 4.78 is 31.1. The topological polar surface area (TPSA) is 35.2 Å². The molecule has 0 aliphatic rings. The van der Waals surface area contributed by atoms with E-state index in [0.717, 1.165) is 12.1 Å². The van der Waals surface area contributed by atoms with E-state index < -0.39 is 17.7 Å². The maximum Gasteiger partial charge on any atom is 0.159 e. The predicted molar refractivity (Wildman–Crippen MR) is 70.4 cm³/mol. The summed E-state index contributed by atoms with van der Waals surface area (Å²) in [5.74, 6) is -1.29. The largest absolute Gasteiger partial charge is 0.495 e. The van der Waals surface area contributed by atoms with E-state index in [0.29, 0.717) is 21.9 Å². The summed E-state index contributed by atoms with van der Waals surface area (Å²) in [6.45, 7) is 0. The van der Waals surface area contributed by atoms with Crippen LogP contribution in [0, 0.1) is 11.6 Å². The molecule has 5 heteroatoms. The van der Waals surface area contributed by atoms with Gasteiger partial charge in [-0.15, -0.1) is 0 Å². The van der Waals surface area contributed by atoms with E-state index >= 15 is 0 Å². The molecule has 1 atom stereocenters. The molecule has 0 aliphatic heterocycles. The van der Waals surface area contributed by atoms with Crippen LogP contribution in [0.2, 0.25) is 5.02 Å². The zero-order valence-electron chi connectivity index (χ0n) is 10.2. The fourth-order valence-corrected chi connectivity index (χ4v) is 2.04. The quantitative estimate of drug-likeness (QED) is 0.933. The molecule has 2 aromatic rings. The van der Waals surface area contributed by atoms with Crippen LogP contribution in [0.1, 0.15) is 17.2 Å². The summed E-state index contributed by atoms with van der Waals surface area (Å²) in [6, 6.07) is 8.05. The van der Waals surface area contributed by atoms with Crippen LogP contribution in [0.3, 0.4) is 0 Å². The number of hydrogen-bond acceptors (Lipinski definition) is 2. The van der Waals surface area contributed by atoms with Crippen LogP contribution in [-0.4, -0.2) is 7.11 Å². The van der Waals surface area contributed by atoms with Gasteiger partial charge < -0.3 is 10.5 Å². The zero-order chi connectivity index (χ0) is 14.0. The van der Waals surface area contributed by atoms with Crippen molar-refractivity contribution < 1.29 is 13.5 Å². The molecule has 0 saturated carbocycles. The Morgan fingerprint density at radius 3 is 2.26 bits per heavy atom. The lowest BCUT2D eigenvalue weighted by Gasteiger charge is -2.14. The van der Waals surface area contributed by atoms with Crippen molar-refractivity contribution in [1.29, 1.82) is 0 Å². The van der Waals surface area contributed by atoms with Crippen molar-refractivity contribution in [3.05, 3.63) is 64.2 Å². The first-order chi connectivity index (χ1) is 9.02. The fraction of sp³-hybridized carbons (Fsp3) is 0.143. The second kappa shape index (κ2) is 5.55. The molecular formula is C14H12ClF2NO. The minimum atomic E-state index is -0.924.